The highest BCUT2D eigenvalue weighted by molar-refractivity contribution is 5.83. The Morgan fingerprint density at radius 3 is 2.68 bits per heavy atom. The number of aromatic nitrogens is 2. The van der Waals surface area contributed by atoms with Gasteiger partial charge in [0.2, 0.25) is 5.91 Å². The van der Waals surface area contributed by atoms with Gasteiger partial charge in [0.15, 0.2) is 0 Å². The number of nitrogens with zero attached hydrogens (tertiary/aromatic N) is 3. The van der Waals surface area contributed by atoms with Crippen LogP contribution in [0.2, 0.25) is 0 Å². The molecule has 1 unspecified atom stereocenters. The molecule has 0 bridgehead atoms. The highest BCUT2D eigenvalue weighted by Gasteiger charge is 2.38. The second-order valence-corrected chi connectivity index (χ2v) is 5.64. The molecule has 2 rings (SSSR count). The van der Waals surface area contributed by atoms with Gasteiger partial charge >= 0.3 is 0 Å². The maximum atomic E-state index is 12.4. The summed E-state index contributed by atoms with van der Waals surface area (Å²) in [5.74, 6) is 0.0248. The highest BCUT2D eigenvalue weighted by Crippen LogP contribution is 2.37. The summed E-state index contributed by atoms with van der Waals surface area (Å²) >= 11 is 0. The maximum Gasteiger partial charge on any atom is 0.244 e. The highest BCUT2D eigenvalue weighted by atomic mass is 16.2. The molecular formula is C14H24N4O. The van der Waals surface area contributed by atoms with Crippen molar-refractivity contribution in [1.82, 2.24) is 14.7 Å². The van der Waals surface area contributed by atoms with Crippen LogP contribution in [0.5, 0.6) is 0 Å². The van der Waals surface area contributed by atoms with E-state index < -0.39 is 6.04 Å². The molecule has 1 aliphatic heterocycles. The molecule has 0 aliphatic carbocycles. The molecule has 1 fully saturated rings. The molecule has 1 amide bonds. The third-order valence-corrected chi connectivity index (χ3v) is 4.60. The molecular weight excluding hydrogens is 240 g/mol. The van der Waals surface area contributed by atoms with Crippen LogP contribution in [0, 0.1) is 5.41 Å². The quantitative estimate of drug-likeness (QED) is 0.895. The minimum absolute atomic E-state index is 0.0248. The summed E-state index contributed by atoms with van der Waals surface area (Å²) in [6.45, 7) is 6.08. The van der Waals surface area contributed by atoms with Crippen molar-refractivity contribution in [1.29, 1.82) is 0 Å². The van der Waals surface area contributed by atoms with E-state index in [1.165, 1.54) is 0 Å². The minimum atomic E-state index is -0.585. The molecule has 1 atom stereocenters. The third kappa shape index (κ3) is 2.66. The monoisotopic (exact) mass is 264 g/mol. The van der Waals surface area contributed by atoms with Crippen molar-refractivity contribution in [3.8, 4) is 0 Å². The summed E-state index contributed by atoms with van der Waals surface area (Å²) in [5.41, 5.74) is 7.14. The number of hydrogen-bond acceptors (Lipinski definition) is 3. The molecule has 1 aliphatic rings. The first-order valence-electron chi connectivity index (χ1n) is 7.04. The fraction of sp³-hybridized carbons (Fsp3) is 0.714. The average molecular weight is 264 g/mol. The summed E-state index contributed by atoms with van der Waals surface area (Å²) in [7, 11) is 1.83. The number of amides is 1. The molecule has 5 heteroatoms. The van der Waals surface area contributed by atoms with E-state index >= 15 is 0 Å². The van der Waals surface area contributed by atoms with Gasteiger partial charge < -0.3 is 10.6 Å². The molecule has 1 saturated heterocycles. The van der Waals surface area contributed by atoms with E-state index in [1.54, 1.807) is 10.9 Å². The van der Waals surface area contributed by atoms with Crippen LogP contribution in [-0.4, -0.2) is 33.7 Å². The summed E-state index contributed by atoms with van der Waals surface area (Å²) in [4.78, 5) is 14.4. The van der Waals surface area contributed by atoms with Crippen LogP contribution in [0.25, 0.3) is 0 Å². The summed E-state index contributed by atoms with van der Waals surface area (Å²) in [6, 6.07) is -0.585. The molecule has 19 heavy (non-hydrogen) atoms. The first-order chi connectivity index (χ1) is 9.01. The van der Waals surface area contributed by atoms with Gasteiger partial charge in [-0.2, -0.15) is 5.10 Å². The Labute approximate surface area is 114 Å². The van der Waals surface area contributed by atoms with Crippen molar-refractivity contribution < 1.29 is 4.79 Å². The molecule has 0 aromatic carbocycles. The van der Waals surface area contributed by atoms with Crippen molar-refractivity contribution in [3.63, 3.8) is 0 Å². The number of carbonyl (C=O) groups excluding carboxylic acids is 1. The van der Waals surface area contributed by atoms with Crippen LogP contribution in [-0.2, 0) is 11.8 Å². The van der Waals surface area contributed by atoms with E-state index in [1.807, 2.05) is 18.1 Å². The third-order valence-electron chi connectivity index (χ3n) is 4.60. The molecule has 0 spiro atoms. The zero-order chi connectivity index (χ0) is 14.0. The fourth-order valence-electron chi connectivity index (χ4n) is 2.89. The van der Waals surface area contributed by atoms with Crippen molar-refractivity contribution in [3.05, 3.63) is 18.0 Å². The summed E-state index contributed by atoms with van der Waals surface area (Å²) < 4.78 is 1.68. The van der Waals surface area contributed by atoms with Gasteiger partial charge in [-0.3, -0.25) is 9.48 Å². The zero-order valence-corrected chi connectivity index (χ0v) is 12.1. The first-order valence-corrected chi connectivity index (χ1v) is 7.04. The number of rotatable bonds is 4. The normalized spacial score (nSPS) is 19.7. The van der Waals surface area contributed by atoms with Gasteiger partial charge in [0.1, 0.15) is 6.04 Å². The number of likely N-dealkylation sites (tertiary alicyclic amines) is 1. The van der Waals surface area contributed by atoms with Crippen LogP contribution in [0.3, 0.4) is 0 Å². The molecule has 1 aromatic heterocycles. The predicted molar refractivity (Wildman–Crippen MR) is 74.3 cm³/mol. The molecule has 2 N–H and O–H groups in total. The average Bonchev–Trinajstić information content (AvgIpc) is 3.04. The number of carbonyl (C=O) groups is 1. The van der Waals surface area contributed by atoms with E-state index in [-0.39, 0.29) is 5.91 Å². The number of nitrogens with two attached hydrogens (primary N) is 1. The van der Waals surface area contributed by atoms with Gasteiger partial charge in [-0.1, -0.05) is 13.8 Å². The topological polar surface area (TPSA) is 64.2 Å². The molecule has 0 radical (unpaired) electrons. The predicted octanol–water partition coefficient (Wildman–Crippen LogP) is 1.46. The van der Waals surface area contributed by atoms with Crippen LogP contribution < -0.4 is 5.73 Å². The second kappa shape index (κ2) is 5.33. The van der Waals surface area contributed by atoms with Gasteiger partial charge in [0.05, 0.1) is 6.20 Å². The number of hydrogen-bond donors (Lipinski definition) is 1. The lowest BCUT2D eigenvalue weighted by Crippen LogP contribution is -2.38. The molecule has 1 aromatic rings. The Balaban J connectivity index is 2.05. The Morgan fingerprint density at radius 2 is 2.21 bits per heavy atom. The maximum absolute atomic E-state index is 12.4. The van der Waals surface area contributed by atoms with E-state index in [2.05, 4.69) is 18.9 Å². The largest absolute Gasteiger partial charge is 0.340 e. The molecule has 0 saturated carbocycles. The second-order valence-electron chi connectivity index (χ2n) is 5.64. The first kappa shape index (κ1) is 14.1. The Bertz CT molecular complexity index is 450. The SMILES string of the molecule is CCC1(CC)CCN(C(=O)C(N)c2cnn(C)c2)C1. The van der Waals surface area contributed by atoms with Gasteiger partial charge in [-0.05, 0) is 24.7 Å². The fourth-order valence-corrected chi connectivity index (χ4v) is 2.89. The van der Waals surface area contributed by atoms with Gasteiger partial charge in [0, 0.05) is 31.9 Å². The van der Waals surface area contributed by atoms with E-state index in [4.69, 9.17) is 5.73 Å². The van der Waals surface area contributed by atoms with Crippen LogP contribution in [0.15, 0.2) is 12.4 Å². The lowest BCUT2D eigenvalue weighted by Gasteiger charge is -2.27. The molecule has 106 valence electrons. The van der Waals surface area contributed by atoms with E-state index in [0.29, 0.717) is 5.41 Å². The molecule has 5 nitrogen and oxygen atoms in total. The van der Waals surface area contributed by atoms with Gasteiger partial charge in [-0.15, -0.1) is 0 Å². The minimum Gasteiger partial charge on any atom is -0.340 e. The van der Waals surface area contributed by atoms with Crippen molar-refractivity contribution >= 4 is 5.91 Å². The zero-order valence-electron chi connectivity index (χ0n) is 12.1. The van der Waals surface area contributed by atoms with Crippen molar-refractivity contribution in [2.24, 2.45) is 18.2 Å². The van der Waals surface area contributed by atoms with Crippen LogP contribution >= 0.6 is 0 Å². The standard InChI is InChI=1S/C14H24N4O/c1-4-14(5-2)6-7-18(10-14)13(19)12(15)11-8-16-17(3)9-11/h8-9,12H,4-7,10,15H2,1-3H3. The van der Waals surface area contributed by atoms with Crippen LogP contribution in [0.1, 0.15) is 44.7 Å². The summed E-state index contributed by atoms with van der Waals surface area (Å²) in [5, 5.41) is 4.07. The lowest BCUT2D eigenvalue weighted by molar-refractivity contribution is -0.132. The van der Waals surface area contributed by atoms with Crippen LogP contribution in [0.4, 0.5) is 0 Å². The van der Waals surface area contributed by atoms with E-state index in [0.717, 1.165) is 37.9 Å². The van der Waals surface area contributed by atoms with E-state index in [9.17, 15) is 4.79 Å². The smallest absolute Gasteiger partial charge is 0.244 e. The van der Waals surface area contributed by atoms with Crippen molar-refractivity contribution in [2.45, 2.75) is 39.2 Å². The molecule has 2 heterocycles. The lowest BCUT2D eigenvalue weighted by atomic mass is 9.82. The Morgan fingerprint density at radius 1 is 1.53 bits per heavy atom. The van der Waals surface area contributed by atoms with Crippen molar-refractivity contribution in [2.75, 3.05) is 13.1 Å². The number of aryl methyl sites for hydroxylation is 1. The summed E-state index contributed by atoms with van der Waals surface area (Å²) in [6.07, 6.45) is 6.81. The van der Waals surface area contributed by atoms with Gasteiger partial charge in [0.25, 0.3) is 0 Å². The Kier molecular flexibility index (Phi) is 3.94. The van der Waals surface area contributed by atoms with Gasteiger partial charge in [-0.25, -0.2) is 0 Å². The Hall–Kier alpha value is -1.36.